The summed E-state index contributed by atoms with van der Waals surface area (Å²) < 4.78 is 0. The van der Waals surface area contributed by atoms with Gasteiger partial charge in [0.25, 0.3) is 5.91 Å². The van der Waals surface area contributed by atoms with Crippen molar-refractivity contribution in [3.8, 4) is 11.3 Å². The third-order valence-electron chi connectivity index (χ3n) is 5.81. The zero-order chi connectivity index (χ0) is 23.4. The van der Waals surface area contributed by atoms with Gasteiger partial charge in [-0.3, -0.25) is 14.5 Å². The molecule has 4 rings (SSSR count). The molecule has 0 radical (unpaired) electrons. The Bertz CT molecular complexity index is 1160. The molecule has 0 bridgehead atoms. The molecular formula is C25H26N4O3S. The number of carbonyl (C=O) groups excluding carboxylic acids is 3. The molecule has 2 heterocycles. The number of carbonyl (C=O) groups is 3. The predicted octanol–water partition coefficient (Wildman–Crippen LogP) is 4.56. The van der Waals surface area contributed by atoms with Crippen LogP contribution < -0.4 is 10.6 Å². The van der Waals surface area contributed by atoms with E-state index in [9.17, 15) is 14.4 Å². The SMILES string of the molecule is CCCc1ccc(-c2csc(NC(=O)CN3C(=O)NC(CC)(c4ccccc4)C3=O)n2)cc1. The van der Waals surface area contributed by atoms with Crippen molar-refractivity contribution in [3.63, 3.8) is 0 Å². The molecule has 1 aromatic heterocycles. The molecule has 2 N–H and O–H groups in total. The molecule has 1 aliphatic heterocycles. The molecule has 2 aromatic carbocycles. The van der Waals surface area contributed by atoms with E-state index in [1.807, 2.05) is 42.6 Å². The quantitative estimate of drug-likeness (QED) is 0.480. The first-order valence-electron chi connectivity index (χ1n) is 11.0. The standard InChI is InChI=1S/C25H26N4O3S/c1-3-8-17-11-13-18(14-12-17)20-16-33-23(26-20)27-21(30)15-29-22(31)25(4-2,28-24(29)32)19-9-6-5-7-10-19/h5-7,9-14,16H,3-4,8,15H2,1-2H3,(H,28,32)(H,26,27,30). The van der Waals surface area contributed by atoms with E-state index in [2.05, 4.69) is 34.7 Å². The molecule has 1 aliphatic rings. The highest BCUT2D eigenvalue weighted by Crippen LogP contribution is 2.32. The van der Waals surface area contributed by atoms with Crippen LogP contribution in [-0.4, -0.2) is 34.3 Å². The fourth-order valence-electron chi connectivity index (χ4n) is 4.03. The zero-order valence-corrected chi connectivity index (χ0v) is 19.4. The van der Waals surface area contributed by atoms with Gasteiger partial charge < -0.3 is 10.6 Å². The van der Waals surface area contributed by atoms with Crippen LogP contribution in [0.3, 0.4) is 0 Å². The Morgan fingerprint density at radius 2 is 1.82 bits per heavy atom. The maximum atomic E-state index is 13.2. The number of rotatable bonds is 8. The van der Waals surface area contributed by atoms with E-state index in [4.69, 9.17) is 0 Å². The van der Waals surface area contributed by atoms with Crippen molar-refractivity contribution in [1.82, 2.24) is 15.2 Å². The molecule has 170 valence electrons. The molecule has 33 heavy (non-hydrogen) atoms. The number of aryl methyl sites for hydroxylation is 1. The topological polar surface area (TPSA) is 91.4 Å². The van der Waals surface area contributed by atoms with Crippen molar-refractivity contribution in [2.24, 2.45) is 0 Å². The highest BCUT2D eigenvalue weighted by Gasteiger charge is 2.51. The first-order valence-corrected chi connectivity index (χ1v) is 11.9. The Morgan fingerprint density at radius 3 is 2.48 bits per heavy atom. The van der Waals surface area contributed by atoms with E-state index in [1.165, 1.54) is 16.9 Å². The van der Waals surface area contributed by atoms with Crippen LogP contribution >= 0.6 is 11.3 Å². The second-order valence-corrected chi connectivity index (χ2v) is 8.84. The van der Waals surface area contributed by atoms with Gasteiger partial charge in [0.15, 0.2) is 5.13 Å². The van der Waals surface area contributed by atoms with E-state index in [1.54, 1.807) is 12.1 Å². The predicted molar refractivity (Wildman–Crippen MR) is 129 cm³/mol. The lowest BCUT2D eigenvalue weighted by Crippen LogP contribution is -2.44. The molecule has 3 aromatic rings. The number of anilines is 1. The molecule has 0 aliphatic carbocycles. The summed E-state index contributed by atoms with van der Waals surface area (Å²) in [4.78, 5) is 43.8. The minimum Gasteiger partial charge on any atom is -0.319 e. The van der Waals surface area contributed by atoms with Gasteiger partial charge in [-0.25, -0.2) is 9.78 Å². The van der Waals surface area contributed by atoms with Gasteiger partial charge in [0.05, 0.1) is 5.69 Å². The second kappa shape index (κ2) is 9.54. The van der Waals surface area contributed by atoms with Crippen molar-refractivity contribution < 1.29 is 14.4 Å². The summed E-state index contributed by atoms with van der Waals surface area (Å²) in [7, 11) is 0. The molecule has 0 saturated carbocycles. The van der Waals surface area contributed by atoms with Crippen LogP contribution in [0, 0.1) is 0 Å². The number of thiazole rings is 1. The Balaban J connectivity index is 1.43. The third-order valence-corrected chi connectivity index (χ3v) is 6.57. The van der Waals surface area contributed by atoms with Gasteiger partial charge in [-0.1, -0.05) is 74.9 Å². The summed E-state index contributed by atoms with van der Waals surface area (Å²) in [6.45, 7) is 3.60. The van der Waals surface area contributed by atoms with Gasteiger partial charge in [-0.15, -0.1) is 11.3 Å². The van der Waals surface area contributed by atoms with Crippen molar-refractivity contribution >= 4 is 34.3 Å². The molecule has 1 unspecified atom stereocenters. The van der Waals surface area contributed by atoms with Crippen molar-refractivity contribution in [3.05, 3.63) is 71.1 Å². The number of amides is 4. The summed E-state index contributed by atoms with van der Waals surface area (Å²) in [6, 6.07) is 16.7. The number of urea groups is 1. The summed E-state index contributed by atoms with van der Waals surface area (Å²) in [5.74, 6) is -0.902. The maximum absolute atomic E-state index is 13.2. The van der Waals surface area contributed by atoms with Crippen LogP contribution in [0.2, 0.25) is 0 Å². The largest absolute Gasteiger partial charge is 0.325 e. The highest BCUT2D eigenvalue weighted by atomic mass is 32.1. The number of benzene rings is 2. The van der Waals surface area contributed by atoms with Crippen LogP contribution in [0.4, 0.5) is 9.93 Å². The molecule has 1 saturated heterocycles. The Labute approximate surface area is 196 Å². The van der Waals surface area contributed by atoms with Crippen molar-refractivity contribution in [1.29, 1.82) is 0 Å². The summed E-state index contributed by atoms with van der Waals surface area (Å²) in [5.41, 5.74) is 2.55. The zero-order valence-electron chi connectivity index (χ0n) is 18.6. The molecule has 4 amide bonds. The number of hydrogen-bond donors (Lipinski definition) is 2. The lowest BCUT2D eigenvalue weighted by atomic mass is 9.87. The molecule has 7 nitrogen and oxygen atoms in total. The normalized spacial score (nSPS) is 17.8. The number of hydrogen-bond acceptors (Lipinski definition) is 5. The second-order valence-electron chi connectivity index (χ2n) is 7.98. The lowest BCUT2D eigenvalue weighted by Gasteiger charge is -2.25. The van der Waals surface area contributed by atoms with Gasteiger partial charge in [-0.2, -0.15) is 0 Å². The van der Waals surface area contributed by atoms with Crippen LogP contribution in [0.15, 0.2) is 60.0 Å². The van der Waals surface area contributed by atoms with Crippen LogP contribution in [0.5, 0.6) is 0 Å². The molecule has 1 fully saturated rings. The fraction of sp³-hybridized carbons (Fsp3) is 0.280. The van der Waals surface area contributed by atoms with Gasteiger partial charge in [0.1, 0.15) is 12.1 Å². The number of imide groups is 1. The minimum atomic E-state index is -1.16. The number of aromatic nitrogens is 1. The summed E-state index contributed by atoms with van der Waals surface area (Å²) in [5, 5.41) is 7.79. The first-order chi connectivity index (χ1) is 16.0. The maximum Gasteiger partial charge on any atom is 0.325 e. The smallest absolute Gasteiger partial charge is 0.319 e. The van der Waals surface area contributed by atoms with Crippen LogP contribution in [-0.2, 0) is 21.5 Å². The van der Waals surface area contributed by atoms with E-state index < -0.39 is 23.4 Å². The fourth-order valence-corrected chi connectivity index (χ4v) is 4.76. The monoisotopic (exact) mass is 462 g/mol. The molecular weight excluding hydrogens is 436 g/mol. The Kier molecular flexibility index (Phi) is 6.55. The number of nitrogens with one attached hydrogen (secondary N) is 2. The molecule has 0 spiro atoms. The van der Waals surface area contributed by atoms with E-state index in [-0.39, 0.29) is 6.54 Å². The third kappa shape index (κ3) is 4.52. The van der Waals surface area contributed by atoms with E-state index >= 15 is 0 Å². The van der Waals surface area contributed by atoms with Crippen LogP contribution in [0.1, 0.15) is 37.8 Å². The van der Waals surface area contributed by atoms with E-state index in [0.717, 1.165) is 29.0 Å². The molecule has 1 atom stereocenters. The van der Waals surface area contributed by atoms with Gasteiger partial charge in [0, 0.05) is 10.9 Å². The van der Waals surface area contributed by atoms with Crippen LogP contribution in [0.25, 0.3) is 11.3 Å². The Hall–Kier alpha value is -3.52. The average molecular weight is 463 g/mol. The lowest BCUT2D eigenvalue weighted by molar-refractivity contribution is -0.134. The first kappa shape index (κ1) is 22.7. The van der Waals surface area contributed by atoms with E-state index in [0.29, 0.717) is 17.1 Å². The average Bonchev–Trinajstić information content (AvgIpc) is 3.39. The van der Waals surface area contributed by atoms with Gasteiger partial charge in [-0.05, 0) is 24.0 Å². The van der Waals surface area contributed by atoms with Crippen molar-refractivity contribution in [2.45, 2.75) is 38.6 Å². The molecule has 8 heteroatoms. The Morgan fingerprint density at radius 1 is 1.09 bits per heavy atom. The summed E-state index contributed by atoms with van der Waals surface area (Å²) in [6.07, 6.45) is 2.51. The minimum absolute atomic E-state index is 0.375. The summed E-state index contributed by atoms with van der Waals surface area (Å²) >= 11 is 1.30. The van der Waals surface area contributed by atoms with Crippen molar-refractivity contribution in [2.75, 3.05) is 11.9 Å². The highest BCUT2D eigenvalue weighted by molar-refractivity contribution is 7.14. The van der Waals surface area contributed by atoms with Gasteiger partial charge in [0.2, 0.25) is 5.91 Å². The number of nitrogens with zero attached hydrogens (tertiary/aromatic N) is 2. The van der Waals surface area contributed by atoms with Gasteiger partial charge >= 0.3 is 6.03 Å².